The highest BCUT2D eigenvalue weighted by atomic mass is 79.9. The number of amides is 1. The number of nitrogens with one attached hydrogen (secondary N) is 2. The van der Waals surface area contributed by atoms with Gasteiger partial charge in [0.15, 0.2) is 11.5 Å². The maximum atomic E-state index is 11.9. The average molecular weight is 349 g/mol. The number of aromatic nitrogens is 2. The van der Waals surface area contributed by atoms with Crippen LogP contribution >= 0.6 is 15.9 Å². The Labute approximate surface area is 132 Å². The van der Waals surface area contributed by atoms with E-state index in [9.17, 15) is 4.79 Å². The zero-order valence-electron chi connectivity index (χ0n) is 12.1. The van der Waals surface area contributed by atoms with Crippen LogP contribution in [0.5, 0.6) is 0 Å². The van der Waals surface area contributed by atoms with Crippen LogP contribution in [0.3, 0.4) is 0 Å². The van der Waals surface area contributed by atoms with Gasteiger partial charge in [0.1, 0.15) is 0 Å². The minimum absolute atomic E-state index is 0.231. The van der Waals surface area contributed by atoms with E-state index in [4.69, 9.17) is 0 Å². The number of benzene rings is 1. The van der Waals surface area contributed by atoms with E-state index in [1.165, 1.54) is 0 Å². The number of hydrogen-bond donors (Lipinski definition) is 2. The average Bonchev–Trinajstić information content (AvgIpc) is 2.40. The van der Waals surface area contributed by atoms with Crippen LogP contribution in [0.15, 0.2) is 40.9 Å². The Hall–Kier alpha value is -1.95. The van der Waals surface area contributed by atoms with Crippen molar-refractivity contribution in [2.45, 2.75) is 26.3 Å². The summed E-state index contributed by atoms with van der Waals surface area (Å²) < 4.78 is 1.01. The Morgan fingerprint density at radius 3 is 2.24 bits per heavy atom. The molecule has 1 amide bonds. The van der Waals surface area contributed by atoms with E-state index >= 15 is 0 Å². The van der Waals surface area contributed by atoms with Gasteiger partial charge in [-0.3, -0.25) is 4.79 Å². The van der Waals surface area contributed by atoms with Crippen LogP contribution in [0.25, 0.3) is 0 Å². The number of anilines is 2. The Bertz CT molecular complexity index is 618. The molecule has 0 saturated heterocycles. The van der Waals surface area contributed by atoms with E-state index in [0.29, 0.717) is 11.5 Å². The van der Waals surface area contributed by atoms with E-state index in [1.807, 2.05) is 45.0 Å². The lowest BCUT2D eigenvalue weighted by atomic mass is 10.1. The molecule has 0 aliphatic carbocycles. The fourth-order valence-electron chi connectivity index (χ4n) is 1.61. The van der Waals surface area contributed by atoms with Crippen molar-refractivity contribution in [3.8, 4) is 0 Å². The summed E-state index contributed by atoms with van der Waals surface area (Å²) in [6.45, 7) is 5.76. The van der Waals surface area contributed by atoms with Gasteiger partial charge < -0.3 is 10.6 Å². The third-order valence-electron chi connectivity index (χ3n) is 2.50. The van der Waals surface area contributed by atoms with Crippen molar-refractivity contribution in [1.29, 1.82) is 0 Å². The highest BCUT2D eigenvalue weighted by Crippen LogP contribution is 2.17. The molecule has 1 heterocycles. The van der Waals surface area contributed by atoms with Gasteiger partial charge in [-0.05, 0) is 57.2 Å². The number of halogens is 1. The second-order valence-corrected chi connectivity index (χ2v) is 6.56. The number of carbonyl (C=O) groups excluding carboxylic acids is 1. The molecule has 0 atom stereocenters. The first-order valence-corrected chi connectivity index (χ1v) is 7.32. The molecule has 0 radical (unpaired) electrons. The zero-order valence-corrected chi connectivity index (χ0v) is 13.7. The molecular formula is C15H17BrN4O. The topological polar surface area (TPSA) is 66.9 Å². The van der Waals surface area contributed by atoms with Gasteiger partial charge in [0.05, 0.1) is 0 Å². The van der Waals surface area contributed by atoms with Gasteiger partial charge in [-0.2, -0.15) is 0 Å². The van der Waals surface area contributed by atoms with E-state index in [1.54, 1.807) is 12.1 Å². The maximum Gasteiger partial charge on any atom is 0.272 e. The molecule has 0 aliphatic heterocycles. The predicted octanol–water partition coefficient (Wildman–Crippen LogP) is 3.51. The quantitative estimate of drug-likeness (QED) is 0.890. The van der Waals surface area contributed by atoms with Gasteiger partial charge in [-0.15, -0.1) is 10.2 Å². The van der Waals surface area contributed by atoms with Crippen molar-refractivity contribution < 1.29 is 4.79 Å². The van der Waals surface area contributed by atoms with Crippen molar-refractivity contribution >= 4 is 33.3 Å². The lowest BCUT2D eigenvalue weighted by Gasteiger charge is -2.19. The fourth-order valence-corrected chi connectivity index (χ4v) is 1.87. The van der Waals surface area contributed by atoms with Crippen molar-refractivity contribution in [1.82, 2.24) is 15.5 Å². The molecule has 21 heavy (non-hydrogen) atoms. The fraction of sp³-hybridized carbons (Fsp3) is 0.267. The highest BCUT2D eigenvalue weighted by Gasteiger charge is 2.16. The number of hydrogen-bond acceptors (Lipinski definition) is 4. The Kier molecular flexibility index (Phi) is 4.57. The second kappa shape index (κ2) is 6.22. The van der Waals surface area contributed by atoms with Gasteiger partial charge in [-0.1, -0.05) is 15.9 Å². The first kappa shape index (κ1) is 15.4. The summed E-state index contributed by atoms with van der Waals surface area (Å²) in [6, 6.07) is 11.1. The molecule has 0 fully saturated rings. The van der Waals surface area contributed by atoms with Crippen molar-refractivity contribution in [2.75, 3.05) is 5.32 Å². The summed E-state index contributed by atoms with van der Waals surface area (Å²) in [5.41, 5.74) is 0.901. The van der Waals surface area contributed by atoms with Crippen molar-refractivity contribution in [3.05, 3.63) is 46.6 Å². The van der Waals surface area contributed by atoms with Crippen LogP contribution in [0.2, 0.25) is 0 Å². The van der Waals surface area contributed by atoms with Crippen LogP contribution in [-0.4, -0.2) is 21.6 Å². The van der Waals surface area contributed by atoms with Gasteiger partial charge in [0.25, 0.3) is 5.91 Å². The summed E-state index contributed by atoms with van der Waals surface area (Å²) in [5, 5.41) is 13.9. The van der Waals surface area contributed by atoms with Crippen LogP contribution in [-0.2, 0) is 0 Å². The smallest absolute Gasteiger partial charge is 0.272 e. The van der Waals surface area contributed by atoms with Crippen LogP contribution in [0.1, 0.15) is 31.3 Å². The van der Waals surface area contributed by atoms with Gasteiger partial charge in [0, 0.05) is 15.7 Å². The summed E-state index contributed by atoms with van der Waals surface area (Å²) in [7, 11) is 0. The van der Waals surface area contributed by atoms with Crippen LogP contribution in [0, 0.1) is 0 Å². The molecule has 0 spiro atoms. The molecule has 1 aromatic heterocycles. The molecule has 2 aromatic rings. The minimum atomic E-state index is -0.299. The molecule has 5 nitrogen and oxygen atoms in total. The molecule has 0 bridgehead atoms. The van der Waals surface area contributed by atoms with Gasteiger partial charge >= 0.3 is 0 Å². The SMILES string of the molecule is CC(C)(C)NC(=O)c1ccc(Nc2ccc(Br)cc2)nn1. The standard InChI is InChI=1S/C15H17BrN4O/c1-15(2,3)18-14(21)12-8-9-13(20-19-12)17-11-6-4-10(16)5-7-11/h4-9H,1-3H3,(H,17,20)(H,18,21). The lowest BCUT2D eigenvalue weighted by molar-refractivity contribution is 0.0913. The molecular weight excluding hydrogens is 332 g/mol. The molecule has 0 saturated carbocycles. The minimum Gasteiger partial charge on any atom is -0.346 e. The lowest BCUT2D eigenvalue weighted by Crippen LogP contribution is -2.41. The number of carbonyl (C=O) groups is 1. The van der Waals surface area contributed by atoms with Crippen molar-refractivity contribution in [2.24, 2.45) is 0 Å². The first-order valence-electron chi connectivity index (χ1n) is 6.52. The summed E-state index contributed by atoms with van der Waals surface area (Å²) in [5.74, 6) is 0.356. The van der Waals surface area contributed by atoms with E-state index < -0.39 is 0 Å². The summed E-state index contributed by atoms with van der Waals surface area (Å²) in [4.78, 5) is 11.9. The Balaban J connectivity index is 2.05. The van der Waals surface area contributed by atoms with Gasteiger partial charge in [0.2, 0.25) is 0 Å². The second-order valence-electron chi connectivity index (χ2n) is 5.64. The highest BCUT2D eigenvalue weighted by molar-refractivity contribution is 9.10. The molecule has 2 N–H and O–H groups in total. The number of nitrogens with zero attached hydrogens (tertiary/aromatic N) is 2. The first-order chi connectivity index (χ1) is 9.83. The summed E-state index contributed by atoms with van der Waals surface area (Å²) in [6.07, 6.45) is 0. The summed E-state index contributed by atoms with van der Waals surface area (Å²) >= 11 is 3.38. The third kappa shape index (κ3) is 4.82. The van der Waals surface area contributed by atoms with Crippen LogP contribution in [0.4, 0.5) is 11.5 Å². The Morgan fingerprint density at radius 1 is 1.05 bits per heavy atom. The molecule has 0 aliphatic rings. The van der Waals surface area contributed by atoms with E-state index in [0.717, 1.165) is 10.2 Å². The Morgan fingerprint density at radius 2 is 1.71 bits per heavy atom. The van der Waals surface area contributed by atoms with Crippen LogP contribution < -0.4 is 10.6 Å². The maximum absolute atomic E-state index is 11.9. The number of rotatable bonds is 3. The van der Waals surface area contributed by atoms with Crippen molar-refractivity contribution in [3.63, 3.8) is 0 Å². The molecule has 6 heteroatoms. The van der Waals surface area contributed by atoms with E-state index in [-0.39, 0.29) is 11.4 Å². The third-order valence-corrected chi connectivity index (χ3v) is 3.03. The molecule has 1 aromatic carbocycles. The zero-order chi connectivity index (χ0) is 15.5. The largest absolute Gasteiger partial charge is 0.346 e. The van der Waals surface area contributed by atoms with E-state index in [2.05, 4.69) is 36.8 Å². The molecule has 110 valence electrons. The molecule has 2 rings (SSSR count). The molecule has 0 unspecified atom stereocenters. The monoisotopic (exact) mass is 348 g/mol. The normalized spacial score (nSPS) is 11.0. The van der Waals surface area contributed by atoms with Gasteiger partial charge in [-0.25, -0.2) is 0 Å². The predicted molar refractivity (Wildman–Crippen MR) is 86.7 cm³/mol.